The first-order valence-corrected chi connectivity index (χ1v) is 7.86. The lowest BCUT2D eigenvalue weighted by Crippen LogP contribution is -2.47. The maximum Gasteiger partial charge on any atom is 0.273 e. The predicted molar refractivity (Wildman–Crippen MR) is 85.8 cm³/mol. The van der Waals surface area contributed by atoms with E-state index in [0.717, 1.165) is 4.90 Å². The number of likely N-dealkylation sites (tertiary alicyclic amines) is 1. The van der Waals surface area contributed by atoms with Crippen molar-refractivity contribution >= 4 is 23.6 Å². The van der Waals surface area contributed by atoms with Gasteiger partial charge in [0, 0.05) is 0 Å². The number of amides is 4. The Morgan fingerprint density at radius 3 is 2.24 bits per heavy atom. The van der Waals surface area contributed by atoms with Gasteiger partial charge in [-0.15, -0.1) is 0 Å². The van der Waals surface area contributed by atoms with Crippen molar-refractivity contribution in [3.8, 4) is 5.75 Å². The SMILES string of the molecule is O=C(CN1C(=O)C2CC=CCC2C1=O)NNC(=O)c1ccccc1O. The molecule has 1 heterocycles. The van der Waals surface area contributed by atoms with Crippen LogP contribution in [0.4, 0.5) is 0 Å². The molecule has 3 N–H and O–H groups in total. The van der Waals surface area contributed by atoms with Gasteiger partial charge < -0.3 is 5.11 Å². The monoisotopic (exact) mass is 343 g/mol. The normalized spacial score (nSPS) is 21.8. The largest absolute Gasteiger partial charge is 0.507 e. The van der Waals surface area contributed by atoms with Crippen LogP contribution in [0.15, 0.2) is 36.4 Å². The highest BCUT2D eigenvalue weighted by atomic mass is 16.3. The molecule has 0 radical (unpaired) electrons. The van der Waals surface area contributed by atoms with Gasteiger partial charge in [-0.1, -0.05) is 24.3 Å². The van der Waals surface area contributed by atoms with E-state index in [2.05, 4.69) is 10.9 Å². The Kier molecular flexibility index (Phi) is 4.51. The van der Waals surface area contributed by atoms with Crippen LogP contribution >= 0.6 is 0 Å². The topological polar surface area (TPSA) is 116 Å². The van der Waals surface area contributed by atoms with Crippen molar-refractivity contribution in [3.05, 3.63) is 42.0 Å². The lowest BCUT2D eigenvalue weighted by Gasteiger charge is -2.15. The Hall–Kier alpha value is -3.16. The molecule has 8 heteroatoms. The molecule has 1 aliphatic carbocycles. The number of rotatable bonds is 3. The molecule has 0 aromatic heterocycles. The summed E-state index contributed by atoms with van der Waals surface area (Å²) in [5.74, 6) is -3.15. The van der Waals surface area contributed by atoms with Crippen LogP contribution in [-0.2, 0) is 14.4 Å². The molecule has 1 aromatic rings. The Balaban J connectivity index is 1.56. The maximum atomic E-state index is 12.3. The van der Waals surface area contributed by atoms with Crippen LogP contribution in [0.25, 0.3) is 0 Å². The van der Waals surface area contributed by atoms with Crippen LogP contribution in [-0.4, -0.2) is 40.2 Å². The molecule has 130 valence electrons. The number of hydrazine groups is 1. The average Bonchev–Trinajstić information content (AvgIpc) is 2.85. The number of allylic oxidation sites excluding steroid dienone is 2. The first-order chi connectivity index (χ1) is 12.0. The van der Waals surface area contributed by atoms with Crippen molar-refractivity contribution < 1.29 is 24.3 Å². The molecule has 4 amide bonds. The van der Waals surface area contributed by atoms with Gasteiger partial charge in [-0.25, -0.2) is 0 Å². The number of hydrogen-bond acceptors (Lipinski definition) is 5. The van der Waals surface area contributed by atoms with E-state index in [-0.39, 0.29) is 23.1 Å². The molecule has 25 heavy (non-hydrogen) atoms. The summed E-state index contributed by atoms with van der Waals surface area (Å²) in [7, 11) is 0. The number of hydrogen-bond donors (Lipinski definition) is 3. The van der Waals surface area contributed by atoms with E-state index in [1.54, 1.807) is 12.1 Å². The van der Waals surface area contributed by atoms with Crippen LogP contribution in [0.2, 0.25) is 0 Å². The Bertz CT molecular complexity index is 747. The highest BCUT2D eigenvalue weighted by Crippen LogP contribution is 2.34. The van der Waals surface area contributed by atoms with Crippen molar-refractivity contribution in [2.75, 3.05) is 6.54 Å². The van der Waals surface area contributed by atoms with Crippen molar-refractivity contribution in [2.24, 2.45) is 11.8 Å². The van der Waals surface area contributed by atoms with Gasteiger partial charge in [-0.2, -0.15) is 0 Å². The molecule has 0 saturated carbocycles. The lowest BCUT2D eigenvalue weighted by atomic mass is 9.85. The second-order valence-electron chi connectivity index (χ2n) is 5.94. The van der Waals surface area contributed by atoms with Gasteiger partial charge in [0.25, 0.3) is 11.8 Å². The van der Waals surface area contributed by atoms with E-state index in [0.29, 0.717) is 12.8 Å². The highest BCUT2D eigenvalue weighted by molar-refractivity contribution is 6.07. The molecule has 2 aliphatic rings. The number of imide groups is 1. The molecule has 0 bridgehead atoms. The number of carbonyl (C=O) groups excluding carboxylic acids is 4. The molecular weight excluding hydrogens is 326 g/mol. The minimum Gasteiger partial charge on any atom is -0.507 e. The summed E-state index contributed by atoms with van der Waals surface area (Å²) < 4.78 is 0. The van der Waals surface area contributed by atoms with E-state index in [1.807, 2.05) is 12.2 Å². The summed E-state index contributed by atoms with van der Waals surface area (Å²) in [6.07, 6.45) is 4.72. The molecular formula is C17H17N3O5. The fraction of sp³-hybridized carbons (Fsp3) is 0.294. The molecule has 2 atom stereocenters. The van der Waals surface area contributed by atoms with Gasteiger partial charge in [-0.05, 0) is 25.0 Å². The van der Waals surface area contributed by atoms with Gasteiger partial charge in [0.1, 0.15) is 12.3 Å². The zero-order chi connectivity index (χ0) is 18.0. The Morgan fingerprint density at radius 2 is 1.64 bits per heavy atom. The van der Waals surface area contributed by atoms with Gasteiger partial charge in [0.15, 0.2) is 0 Å². The Labute approximate surface area is 143 Å². The number of nitrogens with one attached hydrogen (secondary N) is 2. The lowest BCUT2D eigenvalue weighted by molar-refractivity contribution is -0.143. The number of carbonyl (C=O) groups is 4. The van der Waals surface area contributed by atoms with Crippen molar-refractivity contribution in [1.82, 2.24) is 15.8 Å². The molecule has 1 saturated heterocycles. The molecule has 0 spiro atoms. The molecule has 1 aromatic carbocycles. The third kappa shape index (κ3) is 3.23. The number of phenols is 1. The zero-order valence-electron chi connectivity index (χ0n) is 13.3. The van der Waals surface area contributed by atoms with E-state index < -0.39 is 30.2 Å². The van der Waals surface area contributed by atoms with E-state index in [1.165, 1.54) is 12.1 Å². The van der Waals surface area contributed by atoms with Crippen molar-refractivity contribution in [3.63, 3.8) is 0 Å². The first-order valence-electron chi connectivity index (χ1n) is 7.86. The van der Waals surface area contributed by atoms with E-state index in [4.69, 9.17) is 0 Å². The van der Waals surface area contributed by atoms with Crippen LogP contribution in [0.3, 0.4) is 0 Å². The summed E-state index contributed by atoms with van der Waals surface area (Å²) >= 11 is 0. The highest BCUT2D eigenvalue weighted by Gasteiger charge is 2.47. The number of benzene rings is 1. The van der Waals surface area contributed by atoms with E-state index >= 15 is 0 Å². The number of aromatic hydroxyl groups is 1. The predicted octanol–water partition coefficient (Wildman–Crippen LogP) is 0.104. The van der Waals surface area contributed by atoms with Crippen molar-refractivity contribution in [1.29, 1.82) is 0 Å². The number of para-hydroxylation sites is 1. The second kappa shape index (κ2) is 6.76. The molecule has 1 aliphatic heterocycles. The third-order valence-corrected chi connectivity index (χ3v) is 4.36. The van der Waals surface area contributed by atoms with Gasteiger partial charge in [0.05, 0.1) is 17.4 Å². The summed E-state index contributed by atoms with van der Waals surface area (Å²) in [6.45, 7) is -0.453. The molecule has 1 fully saturated rings. The number of phenolic OH excluding ortho intramolecular Hbond substituents is 1. The number of nitrogens with zero attached hydrogens (tertiary/aromatic N) is 1. The quantitative estimate of drug-likeness (QED) is 0.409. The zero-order valence-corrected chi connectivity index (χ0v) is 13.3. The summed E-state index contributed by atoms with van der Waals surface area (Å²) in [5.41, 5.74) is 4.29. The van der Waals surface area contributed by atoms with Crippen LogP contribution < -0.4 is 10.9 Å². The second-order valence-corrected chi connectivity index (χ2v) is 5.94. The summed E-state index contributed by atoms with van der Waals surface area (Å²) in [4.78, 5) is 49.3. The molecule has 8 nitrogen and oxygen atoms in total. The number of fused-ring (bicyclic) bond motifs is 1. The summed E-state index contributed by atoms with van der Waals surface area (Å²) in [5, 5.41) is 9.59. The standard InChI is InChI=1S/C17H17N3O5/c21-13-8-4-3-7-12(13)15(23)19-18-14(22)9-20-16(24)10-5-1-2-6-11(10)17(20)25/h1-4,7-8,10-11,21H,5-6,9H2,(H,18,22)(H,19,23). The van der Waals surface area contributed by atoms with Gasteiger partial charge in [-0.3, -0.25) is 34.9 Å². The van der Waals surface area contributed by atoms with Crippen LogP contribution in [0.5, 0.6) is 5.75 Å². The smallest absolute Gasteiger partial charge is 0.273 e. The fourth-order valence-corrected chi connectivity index (χ4v) is 3.07. The Morgan fingerprint density at radius 1 is 1.04 bits per heavy atom. The first kappa shape index (κ1) is 16.7. The summed E-state index contributed by atoms with van der Waals surface area (Å²) in [6, 6.07) is 5.85. The van der Waals surface area contributed by atoms with Gasteiger partial charge in [0.2, 0.25) is 11.8 Å². The third-order valence-electron chi connectivity index (χ3n) is 4.36. The molecule has 2 unspecified atom stereocenters. The van der Waals surface area contributed by atoms with E-state index in [9.17, 15) is 24.3 Å². The fourth-order valence-electron chi connectivity index (χ4n) is 3.07. The average molecular weight is 343 g/mol. The minimum atomic E-state index is -0.705. The minimum absolute atomic E-state index is 0.00628. The van der Waals surface area contributed by atoms with Gasteiger partial charge >= 0.3 is 0 Å². The maximum absolute atomic E-state index is 12.3. The van der Waals surface area contributed by atoms with Crippen LogP contribution in [0, 0.1) is 11.8 Å². The molecule has 3 rings (SSSR count). The van der Waals surface area contributed by atoms with Crippen molar-refractivity contribution in [2.45, 2.75) is 12.8 Å². The van der Waals surface area contributed by atoms with Crippen LogP contribution in [0.1, 0.15) is 23.2 Å².